The molecule has 0 rings (SSSR count). The van der Waals surface area contributed by atoms with Crippen LogP contribution in [0.4, 0.5) is 0 Å². The molecule has 6 nitrogen and oxygen atoms in total. The number of aliphatic hydroxyl groups is 2. The van der Waals surface area contributed by atoms with E-state index in [1.807, 2.05) is 0 Å². The Balaban J connectivity index is 4.49. The summed E-state index contributed by atoms with van der Waals surface area (Å²) in [5, 5.41) is 23.9. The lowest BCUT2D eigenvalue weighted by Crippen LogP contribution is -2.46. The van der Waals surface area contributed by atoms with Gasteiger partial charge < -0.3 is 20.3 Å². The van der Waals surface area contributed by atoms with Crippen molar-refractivity contribution in [1.29, 1.82) is 0 Å². The number of hydrogen-bond donors (Lipinski definition) is 3. The number of esters is 1. The number of nitrogens with one attached hydrogen (secondary N) is 1. The first kappa shape index (κ1) is 60.6. The second kappa shape index (κ2) is 50.6. The maximum Gasteiger partial charge on any atom is 0.306 e. The molecule has 0 aromatic heterocycles. The molecular formula is C56H109NO5. The lowest BCUT2D eigenvalue weighted by molar-refractivity contribution is -0.151. The van der Waals surface area contributed by atoms with E-state index >= 15 is 0 Å². The van der Waals surface area contributed by atoms with Crippen LogP contribution in [0.5, 0.6) is 0 Å². The molecule has 0 aromatic carbocycles. The van der Waals surface area contributed by atoms with Gasteiger partial charge in [0.25, 0.3) is 0 Å². The number of amides is 1. The van der Waals surface area contributed by atoms with Crippen LogP contribution in [0.15, 0.2) is 12.2 Å². The average Bonchev–Trinajstić information content (AvgIpc) is 3.26. The number of hydrogen-bond acceptors (Lipinski definition) is 5. The van der Waals surface area contributed by atoms with Crippen LogP contribution in [0.2, 0.25) is 0 Å². The average molecular weight is 876 g/mol. The van der Waals surface area contributed by atoms with Crippen LogP contribution < -0.4 is 5.32 Å². The molecule has 0 bridgehead atoms. The first-order valence-corrected chi connectivity index (χ1v) is 27.9. The summed E-state index contributed by atoms with van der Waals surface area (Å²) >= 11 is 0. The van der Waals surface area contributed by atoms with Crippen LogP contribution >= 0.6 is 0 Å². The van der Waals surface area contributed by atoms with Crippen LogP contribution in [0.1, 0.15) is 310 Å². The SMILES string of the molecule is CCCCC/C=C\CCCCCCCC(=O)OC(CCCCCCCCCCCCCCCCC)CC(=O)NC(CO)C(O)CCCCCCCCCCCCCCCCCC. The maximum atomic E-state index is 13.2. The van der Waals surface area contributed by atoms with Crippen molar-refractivity contribution in [2.75, 3.05) is 6.61 Å². The molecule has 368 valence electrons. The molecule has 0 radical (unpaired) electrons. The van der Waals surface area contributed by atoms with Gasteiger partial charge in [-0.05, 0) is 51.4 Å². The van der Waals surface area contributed by atoms with Crippen molar-refractivity contribution in [3.05, 3.63) is 12.2 Å². The van der Waals surface area contributed by atoms with Crippen molar-refractivity contribution >= 4 is 11.9 Å². The Morgan fingerprint density at radius 3 is 1.18 bits per heavy atom. The Hall–Kier alpha value is -1.40. The Bertz CT molecular complexity index is 939. The minimum absolute atomic E-state index is 0.0819. The summed E-state index contributed by atoms with van der Waals surface area (Å²) in [5.41, 5.74) is 0. The molecule has 0 aliphatic rings. The highest BCUT2D eigenvalue weighted by molar-refractivity contribution is 5.77. The lowest BCUT2D eigenvalue weighted by atomic mass is 10.0. The zero-order chi connectivity index (χ0) is 45.2. The monoisotopic (exact) mass is 876 g/mol. The van der Waals surface area contributed by atoms with E-state index in [1.54, 1.807) is 0 Å². The smallest absolute Gasteiger partial charge is 0.306 e. The highest BCUT2D eigenvalue weighted by Crippen LogP contribution is 2.19. The number of rotatable bonds is 51. The molecule has 0 aliphatic carbocycles. The summed E-state index contributed by atoms with van der Waals surface area (Å²) < 4.78 is 5.95. The summed E-state index contributed by atoms with van der Waals surface area (Å²) in [6.07, 6.45) is 57.0. The molecule has 0 aliphatic heterocycles. The molecule has 3 unspecified atom stereocenters. The molecule has 0 spiro atoms. The standard InChI is InChI=1S/C56H109NO5/c1-4-7-10-13-16-19-22-25-27-29-31-33-36-39-42-45-48-54(59)53(51-58)57-55(60)50-52(47-44-41-38-35-32-30-28-26-23-20-17-14-11-8-5-2)62-56(61)49-46-43-40-37-34-24-21-18-15-12-9-6-3/h18,21,52-54,58-59H,4-17,19-20,22-51H2,1-3H3,(H,57,60)/b21-18-. The van der Waals surface area contributed by atoms with Gasteiger partial charge in [-0.25, -0.2) is 0 Å². The van der Waals surface area contributed by atoms with Gasteiger partial charge in [-0.2, -0.15) is 0 Å². The van der Waals surface area contributed by atoms with E-state index < -0.39 is 18.2 Å². The van der Waals surface area contributed by atoms with Gasteiger partial charge >= 0.3 is 5.97 Å². The highest BCUT2D eigenvalue weighted by Gasteiger charge is 2.24. The van der Waals surface area contributed by atoms with Gasteiger partial charge in [0, 0.05) is 6.42 Å². The summed E-state index contributed by atoms with van der Waals surface area (Å²) in [6.45, 7) is 6.50. The number of carbonyl (C=O) groups excluding carboxylic acids is 2. The van der Waals surface area contributed by atoms with Gasteiger partial charge in [-0.1, -0.05) is 258 Å². The van der Waals surface area contributed by atoms with Crippen LogP contribution in [0.25, 0.3) is 0 Å². The predicted molar refractivity (Wildman–Crippen MR) is 269 cm³/mol. The van der Waals surface area contributed by atoms with Crippen LogP contribution in [-0.2, 0) is 14.3 Å². The largest absolute Gasteiger partial charge is 0.462 e. The van der Waals surface area contributed by atoms with Crippen molar-refractivity contribution in [3.63, 3.8) is 0 Å². The zero-order valence-electron chi connectivity index (χ0n) is 42.0. The molecule has 1 amide bonds. The van der Waals surface area contributed by atoms with E-state index in [-0.39, 0.29) is 24.9 Å². The predicted octanol–water partition coefficient (Wildman–Crippen LogP) is 16.9. The van der Waals surface area contributed by atoms with E-state index in [1.165, 1.54) is 212 Å². The molecule has 0 heterocycles. The fourth-order valence-electron chi connectivity index (χ4n) is 8.84. The molecular weight excluding hydrogens is 767 g/mol. The third kappa shape index (κ3) is 45.2. The molecule has 3 atom stereocenters. The van der Waals surface area contributed by atoms with Crippen LogP contribution in [0, 0.1) is 0 Å². The highest BCUT2D eigenvalue weighted by atomic mass is 16.5. The molecule has 0 saturated carbocycles. The van der Waals surface area contributed by atoms with E-state index in [4.69, 9.17) is 4.74 Å². The fourth-order valence-corrected chi connectivity index (χ4v) is 8.84. The topological polar surface area (TPSA) is 95.9 Å². The minimum Gasteiger partial charge on any atom is -0.462 e. The van der Waals surface area contributed by atoms with E-state index in [0.29, 0.717) is 19.3 Å². The van der Waals surface area contributed by atoms with Gasteiger partial charge in [0.15, 0.2) is 0 Å². The van der Waals surface area contributed by atoms with Crippen molar-refractivity contribution < 1.29 is 24.5 Å². The van der Waals surface area contributed by atoms with Gasteiger partial charge in [0.2, 0.25) is 5.91 Å². The van der Waals surface area contributed by atoms with Gasteiger partial charge in [0.1, 0.15) is 6.10 Å². The quantitative estimate of drug-likeness (QED) is 0.0321. The van der Waals surface area contributed by atoms with Gasteiger partial charge in [-0.15, -0.1) is 0 Å². The van der Waals surface area contributed by atoms with E-state index in [0.717, 1.165) is 51.4 Å². The van der Waals surface area contributed by atoms with Crippen LogP contribution in [-0.4, -0.2) is 46.9 Å². The number of aliphatic hydroxyl groups excluding tert-OH is 2. The first-order valence-electron chi connectivity index (χ1n) is 27.9. The second-order valence-corrected chi connectivity index (χ2v) is 19.3. The molecule has 0 fully saturated rings. The Morgan fingerprint density at radius 2 is 0.774 bits per heavy atom. The Morgan fingerprint density at radius 1 is 0.452 bits per heavy atom. The number of ether oxygens (including phenoxy) is 1. The Kier molecular flexibility index (Phi) is 49.5. The number of unbranched alkanes of at least 4 members (excludes halogenated alkanes) is 37. The van der Waals surface area contributed by atoms with Crippen molar-refractivity contribution in [2.45, 2.75) is 328 Å². The summed E-state index contributed by atoms with van der Waals surface area (Å²) in [4.78, 5) is 26.2. The normalized spacial score (nSPS) is 13.2. The molecule has 3 N–H and O–H groups in total. The molecule has 0 saturated heterocycles. The van der Waals surface area contributed by atoms with Crippen LogP contribution in [0.3, 0.4) is 0 Å². The summed E-state index contributed by atoms with van der Waals surface area (Å²) in [6, 6.07) is -0.697. The number of allylic oxidation sites excluding steroid dienone is 2. The second-order valence-electron chi connectivity index (χ2n) is 19.3. The maximum absolute atomic E-state index is 13.2. The van der Waals surface area contributed by atoms with Gasteiger partial charge in [0.05, 0.1) is 25.2 Å². The zero-order valence-corrected chi connectivity index (χ0v) is 42.0. The third-order valence-electron chi connectivity index (χ3n) is 13.1. The molecule has 62 heavy (non-hydrogen) atoms. The third-order valence-corrected chi connectivity index (χ3v) is 13.1. The Labute approximate surface area is 387 Å². The molecule has 0 aromatic rings. The summed E-state index contributed by atoms with van der Waals surface area (Å²) in [7, 11) is 0. The summed E-state index contributed by atoms with van der Waals surface area (Å²) in [5.74, 6) is -0.464. The van der Waals surface area contributed by atoms with E-state index in [9.17, 15) is 19.8 Å². The van der Waals surface area contributed by atoms with E-state index in [2.05, 4.69) is 38.2 Å². The lowest BCUT2D eigenvalue weighted by Gasteiger charge is -2.24. The van der Waals surface area contributed by atoms with Crippen molar-refractivity contribution in [3.8, 4) is 0 Å². The fraction of sp³-hybridized carbons (Fsp3) is 0.929. The number of carbonyl (C=O) groups is 2. The van der Waals surface area contributed by atoms with Gasteiger partial charge in [-0.3, -0.25) is 9.59 Å². The molecule has 6 heteroatoms. The van der Waals surface area contributed by atoms with Crippen molar-refractivity contribution in [1.82, 2.24) is 5.32 Å². The first-order chi connectivity index (χ1) is 30.5. The minimum atomic E-state index is -0.783. The van der Waals surface area contributed by atoms with Crippen molar-refractivity contribution in [2.24, 2.45) is 0 Å².